The van der Waals surface area contributed by atoms with E-state index in [9.17, 15) is 4.79 Å². The van der Waals surface area contributed by atoms with E-state index >= 15 is 0 Å². The number of aryl methyl sites for hydroxylation is 1. The maximum Gasteiger partial charge on any atom is 0.251 e. The number of amides is 1. The summed E-state index contributed by atoms with van der Waals surface area (Å²) in [5.74, 6) is -0.0686. The maximum absolute atomic E-state index is 12.1. The largest absolute Gasteiger partial charge is 0.382 e. The number of benzene rings is 1. The molecule has 0 atom stereocenters. The van der Waals surface area contributed by atoms with E-state index < -0.39 is 0 Å². The lowest BCUT2D eigenvalue weighted by Gasteiger charge is -2.07. The van der Waals surface area contributed by atoms with Gasteiger partial charge in [-0.3, -0.25) is 9.78 Å². The Kier molecular flexibility index (Phi) is 4.29. The number of hydrogen-bond acceptors (Lipinski definition) is 5. The molecular formula is C16H16N4OS. The highest BCUT2D eigenvalue weighted by Gasteiger charge is 2.07. The van der Waals surface area contributed by atoms with Crippen LogP contribution in [-0.2, 0) is 0 Å². The number of nitrogens with zero attached hydrogens (tertiary/aromatic N) is 2. The number of fused-ring (bicyclic) bond motifs is 1. The molecule has 0 spiro atoms. The number of aromatic nitrogens is 2. The van der Waals surface area contributed by atoms with Gasteiger partial charge in [0.15, 0.2) is 0 Å². The van der Waals surface area contributed by atoms with Gasteiger partial charge in [0, 0.05) is 31.0 Å². The standard InChI is InChI=1S/C16H16N4OS/c1-11-20-14-5-4-12(9-15(14)22-11)16(21)19-8-7-18-13-3-2-6-17-10-13/h2-6,9-10,18H,7-8H2,1H3,(H,19,21). The van der Waals surface area contributed by atoms with E-state index in [2.05, 4.69) is 20.6 Å². The zero-order valence-electron chi connectivity index (χ0n) is 12.2. The molecule has 112 valence electrons. The van der Waals surface area contributed by atoms with E-state index in [4.69, 9.17) is 0 Å². The molecule has 0 radical (unpaired) electrons. The van der Waals surface area contributed by atoms with Gasteiger partial charge in [0.2, 0.25) is 0 Å². The predicted octanol–water partition coefficient (Wildman–Crippen LogP) is 2.84. The minimum absolute atomic E-state index is 0.0686. The van der Waals surface area contributed by atoms with Crippen LogP contribution < -0.4 is 10.6 Å². The van der Waals surface area contributed by atoms with Crippen LogP contribution in [0.5, 0.6) is 0 Å². The van der Waals surface area contributed by atoms with Crippen molar-refractivity contribution in [3.05, 3.63) is 53.3 Å². The average molecular weight is 312 g/mol. The second kappa shape index (κ2) is 6.53. The van der Waals surface area contributed by atoms with Gasteiger partial charge < -0.3 is 10.6 Å². The average Bonchev–Trinajstić information content (AvgIpc) is 2.91. The van der Waals surface area contributed by atoms with E-state index in [1.807, 2.05) is 37.3 Å². The normalized spacial score (nSPS) is 10.6. The minimum atomic E-state index is -0.0686. The Morgan fingerprint density at radius 3 is 3.00 bits per heavy atom. The van der Waals surface area contributed by atoms with Gasteiger partial charge in [-0.05, 0) is 37.3 Å². The fraction of sp³-hybridized carbons (Fsp3) is 0.188. The second-order valence-corrected chi connectivity index (χ2v) is 6.07. The molecule has 1 amide bonds. The van der Waals surface area contributed by atoms with Crippen molar-refractivity contribution in [3.8, 4) is 0 Å². The smallest absolute Gasteiger partial charge is 0.251 e. The third kappa shape index (κ3) is 3.40. The summed E-state index contributed by atoms with van der Waals surface area (Å²) in [5, 5.41) is 7.11. The first-order valence-electron chi connectivity index (χ1n) is 7.02. The van der Waals surface area contributed by atoms with Crippen molar-refractivity contribution >= 4 is 33.1 Å². The molecular weight excluding hydrogens is 296 g/mol. The highest BCUT2D eigenvalue weighted by Crippen LogP contribution is 2.22. The molecule has 22 heavy (non-hydrogen) atoms. The first-order chi connectivity index (χ1) is 10.7. The van der Waals surface area contributed by atoms with Gasteiger partial charge in [-0.1, -0.05) is 0 Å². The minimum Gasteiger partial charge on any atom is -0.382 e. The molecule has 0 aliphatic rings. The number of nitrogens with one attached hydrogen (secondary N) is 2. The van der Waals surface area contributed by atoms with Crippen molar-refractivity contribution in [1.29, 1.82) is 0 Å². The Morgan fingerprint density at radius 1 is 1.27 bits per heavy atom. The zero-order chi connectivity index (χ0) is 15.4. The Balaban J connectivity index is 1.54. The molecule has 0 aliphatic heterocycles. The summed E-state index contributed by atoms with van der Waals surface area (Å²) in [6.45, 7) is 3.17. The van der Waals surface area contributed by atoms with Crippen LogP contribution >= 0.6 is 11.3 Å². The molecule has 0 saturated carbocycles. The van der Waals surface area contributed by atoms with Crippen molar-refractivity contribution in [2.45, 2.75) is 6.92 Å². The van der Waals surface area contributed by atoms with Crippen molar-refractivity contribution < 1.29 is 4.79 Å². The SMILES string of the molecule is Cc1nc2ccc(C(=O)NCCNc3cccnc3)cc2s1. The molecule has 0 unspecified atom stereocenters. The molecule has 0 fully saturated rings. The topological polar surface area (TPSA) is 66.9 Å². The zero-order valence-corrected chi connectivity index (χ0v) is 13.0. The summed E-state index contributed by atoms with van der Waals surface area (Å²) in [7, 11) is 0. The van der Waals surface area contributed by atoms with Gasteiger partial charge in [0.1, 0.15) is 0 Å². The van der Waals surface area contributed by atoms with Gasteiger partial charge >= 0.3 is 0 Å². The van der Waals surface area contributed by atoms with E-state index in [0.717, 1.165) is 20.9 Å². The van der Waals surface area contributed by atoms with Gasteiger partial charge in [-0.15, -0.1) is 11.3 Å². The van der Waals surface area contributed by atoms with Gasteiger partial charge in [0.25, 0.3) is 5.91 Å². The van der Waals surface area contributed by atoms with Crippen molar-refractivity contribution in [3.63, 3.8) is 0 Å². The molecule has 1 aromatic carbocycles. The molecule has 5 nitrogen and oxygen atoms in total. The number of anilines is 1. The Labute approximate surface area is 132 Å². The van der Waals surface area contributed by atoms with Crippen LogP contribution in [0.1, 0.15) is 15.4 Å². The number of carbonyl (C=O) groups excluding carboxylic acids is 1. The number of rotatable bonds is 5. The summed E-state index contributed by atoms with van der Waals surface area (Å²) < 4.78 is 1.04. The third-order valence-electron chi connectivity index (χ3n) is 3.16. The molecule has 6 heteroatoms. The Hall–Kier alpha value is -2.47. The number of carbonyl (C=O) groups is 1. The molecule has 3 aromatic rings. The molecule has 0 bridgehead atoms. The molecule has 3 rings (SSSR count). The Morgan fingerprint density at radius 2 is 2.18 bits per heavy atom. The van der Waals surface area contributed by atoms with Crippen molar-refractivity contribution in [2.75, 3.05) is 18.4 Å². The predicted molar refractivity (Wildman–Crippen MR) is 89.4 cm³/mol. The summed E-state index contributed by atoms with van der Waals surface area (Å²) in [4.78, 5) is 20.6. The first kappa shape index (κ1) is 14.5. The van der Waals surface area contributed by atoms with Crippen LogP contribution in [0.25, 0.3) is 10.2 Å². The maximum atomic E-state index is 12.1. The highest BCUT2D eigenvalue weighted by atomic mass is 32.1. The van der Waals surface area contributed by atoms with Gasteiger partial charge in [-0.2, -0.15) is 0 Å². The third-order valence-corrected chi connectivity index (χ3v) is 4.09. The summed E-state index contributed by atoms with van der Waals surface area (Å²) in [5.41, 5.74) is 2.55. The lowest BCUT2D eigenvalue weighted by atomic mass is 10.2. The van der Waals surface area contributed by atoms with Crippen molar-refractivity contribution in [2.24, 2.45) is 0 Å². The van der Waals surface area contributed by atoms with E-state index in [0.29, 0.717) is 18.7 Å². The van der Waals surface area contributed by atoms with Crippen LogP contribution in [0.15, 0.2) is 42.7 Å². The fourth-order valence-electron chi connectivity index (χ4n) is 2.13. The summed E-state index contributed by atoms with van der Waals surface area (Å²) in [6, 6.07) is 9.40. The van der Waals surface area contributed by atoms with Gasteiger partial charge in [-0.25, -0.2) is 4.98 Å². The van der Waals surface area contributed by atoms with Gasteiger partial charge in [0.05, 0.1) is 20.9 Å². The summed E-state index contributed by atoms with van der Waals surface area (Å²) in [6.07, 6.45) is 3.48. The monoisotopic (exact) mass is 312 g/mol. The number of pyridine rings is 1. The van der Waals surface area contributed by atoms with E-state index in [1.54, 1.807) is 23.7 Å². The fourth-order valence-corrected chi connectivity index (χ4v) is 3.00. The lowest BCUT2D eigenvalue weighted by Crippen LogP contribution is -2.28. The molecule has 0 aliphatic carbocycles. The Bertz CT molecular complexity index is 785. The second-order valence-electron chi connectivity index (χ2n) is 4.84. The van der Waals surface area contributed by atoms with Crippen molar-refractivity contribution in [1.82, 2.24) is 15.3 Å². The van der Waals surface area contributed by atoms with E-state index in [-0.39, 0.29) is 5.91 Å². The van der Waals surface area contributed by atoms with Crippen LogP contribution in [0.2, 0.25) is 0 Å². The molecule has 2 heterocycles. The van der Waals surface area contributed by atoms with Crippen LogP contribution in [0, 0.1) is 6.92 Å². The first-order valence-corrected chi connectivity index (χ1v) is 7.83. The number of thiazole rings is 1. The lowest BCUT2D eigenvalue weighted by molar-refractivity contribution is 0.0955. The molecule has 2 aromatic heterocycles. The van der Waals surface area contributed by atoms with Crippen LogP contribution in [0.4, 0.5) is 5.69 Å². The quantitative estimate of drug-likeness (QED) is 0.711. The van der Waals surface area contributed by atoms with E-state index in [1.165, 1.54) is 0 Å². The molecule has 2 N–H and O–H groups in total. The highest BCUT2D eigenvalue weighted by molar-refractivity contribution is 7.18. The van der Waals surface area contributed by atoms with Crippen LogP contribution in [-0.4, -0.2) is 29.0 Å². The molecule has 0 saturated heterocycles. The summed E-state index contributed by atoms with van der Waals surface area (Å²) >= 11 is 1.60. The van der Waals surface area contributed by atoms with Crippen LogP contribution in [0.3, 0.4) is 0 Å². The number of hydrogen-bond donors (Lipinski definition) is 2.